The van der Waals surface area contributed by atoms with Crippen LogP contribution in [0.25, 0.3) is 11.0 Å². The molecule has 3 aromatic rings. The van der Waals surface area contributed by atoms with Gasteiger partial charge in [-0.15, -0.1) is 0 Å². The molecule has 2 aromatic carbocycles. The van der Waals surface area contributed by atoms with Crippen LogP contribution in [0.15, 0.2) is 47.4 Å². The summed E-state index contributed by atoms with van der Waals surface area (Å²) >= 11 is 1.01. The van der Waals surface area contributed by atoms with Gasteiger partial charge in [-0.05, 0) is 31.0 Å². The molecule has 1 N–H and O–H groups in total. The van der Waals surface area contributed by atoms with Crippen LogP contribution in [0.2, 0.25) is 0 Å². The second-order valence-electron chi connectivity index (χ2n) is 5.10. The lowest BCUT2D eigenvalue weighted by Gasteiger charge is -2.16. The van der Waals surface area contributed by atoms with Crippen LogP contribution in [0.3, 0.4) is 0 Å². The number of benzene rings is 2. The Morgan fingerprint density at radius 2 is 1.82 bits per heavy atom. The van der Waals surface area contributed by atoms with Crippen LogP contribution >= 0.6 is 11.7 Å². The first-order chi connectivity index (χ1) is 10.5. The first kappa shape index (κ1) is 15.1. The highest BCUT2D eigenvalue weighted by Gasteiger charge is 2.24. The molecule has 7 heteroatoms. The second-order valence-corrected chi connectivity index (χ2v) is 7.28. The fraction of sp³-hybridized carbons (Fsp3) is 0.200. The van der Waals surface area contributed by atoms with Crippen LogP contribution in [0.1, 0.15) is 24.1 Å². The molecule has 0 spiro atoms. The van der Waals surface area contributed by atoms with Crippen LogP contribution in [0, 0.1) is 6.92 Å². The van der Waals surface area contributed by atoms with E-state index in [1.54, 1.807) is 19.1 Å². The number of hydrogen-bond acceptors (Lipinski definition) is 5. The Hall–Kier alpha value is -1.83. The summed E-state index contributed by atoms with van der Waals surface area (Å²) < 4.78 is 36.5. The Bertz CT molecular complexity index is 905. The van der Waals surface area contributed by atoms with E-state index in [4.69, 9.17) is 0 Å². The molecule has 3 rings (SSSR count). The summed E-state index contributed by atoms with van der Waals surface area (Å²) in [7, 11) is -3.68. The van der Waals surface area contributed by atoms with Crippen molar-refractivity contribution in [1.82, 2.24) is 13.5 Å². The molecule has 0 bridgehead atoms. The van der Waals surface area contributed by atoms with Gasteiger partial charge in [-0.1, -0.05) is 36.4 Å². The van der Waals surface area contributed by atoms with Gasteiger partial charge in [0.1, 0.15) is 15.9 Å². The minimum absolute atomic E-state index is 0.210. The van der Waals surface area contributed by atoms with E-state index in [0.29, 0.717) is 16.6 Å². The average molecular weight is 333 g/mol. The van der Waals surface area contributed by atoms with Crippen molar-refractivity contribution in [2.24, 2.45) is 0 Å². The summed E-state index contributed by atoms with van der Waals surface area (Å²) in [4.78, 5) is 0.210. The number of rotatable bonds is 4. The molecule has 0 saturated heterocycles. The molecule has 0 unspecified atom stereocenters. The Balaban J connectivity index is 2.02. The maximum Gasteiger partial charge on any atom is 0.243 e. The second kappa shape index (κ2) is 5.75. The Labute approximate surface area is 133 Å². The minimum atomic E-state index is -3.68. The largest absolute Gasteiger partial charge is 0.243 e. The zero-order chi connectivity index (χ0) is 15.7. The summed E-state index contributed by atoms with van der Waals surface area (Å²) in [5.41, 5.74) is 2.60. The third-order valence-corrected chi connectivity index (χ3v) is 5.74. The Kier molecular flexibility index (Phi) is 3.94. The van der Waals surface area contributed by atoms with Crippen molar-refractivity contribution >= 4 is 32.8 Å². The van der Waals surface area contributed by atoms with Gasteiger partial charge < -0.3 is 0 Å². The van der Waals surface area contributed by atoms with Gasteiger partial charge in [-0.25, -0.2) is 13.1 Å². The summed E-state index contributed by atoms with van der Waals surface area (Å²) in [6, 6.07) is 12.7. The number of sulfonamides is 1. The average Bonchev–Trinajstić information content (AvgIpc) is 2.95. The highest BCUT2D eigenvalue weighted by atomic mass is 32.2. The molecule has 0 saturated carbocycles. The van der Waals surface area contributed by atoms with Gasteiger partial charge in [0.05, 0.1) is 11.7 Å². The van der Waals surface area contributed by atoms with Crippen LogP contribution in [-0.4, -0.2) is 17.2 Å². The number of aromatic nitrogens is 2. The Morgan fingerprint density at radius 1 is 1.09 bits per heavy atom. The fourth-order valence-corrected chi connectivity index (χ4v) is 4.59. The van der Waals surface area contributed by atoms with Crippen molar-refractivity contribution < 1.29 is 8.42 Å². The molecule has 114 valence electrons. The van der Waals surface area contributed by atoms with Crippen LogP contribution in [0.4, 0.5) is 0 Å². The molecule has 0 aliphatic rings. The smallest absolute Gasteiger partial charge is 0.207 e. The summed E-state index contributed by atoms with van der Waals surface area (Å²) in [6.07, 6.45) is 0. The van der Waals surface area contributed by atoms with E-state index >= 15 is 0 Å². The fourth-order valence-electron chi connectivity index (χ4n) is 2.37. The Morgan fingerprint density at radius 3 is 2.55 bits per heavy atom. The molecule has 0 amide bonds. The van der Waals surface area contributed by atoms with E-state index < -0.39 is 10.0 Å². The molecule has 0 radical (unpaired) electrons. The number of aryl methyl sites for hydroxylation is 1. The molecular formula is C15H15N3O2S2. The molecule has 1 atom stereocenters. The van der Waals surface area contributed by atoms with E-state index in [-0.39, 0.29) is 10.9 Å². The third kappa shape index (κ3) is 2.75. The van der Waals surface area contributed by atoms with Crippen LogP contribution < -0.4 is 4.72 Å². The zero-order valence-electron chi connectivity index (χ0n) is 12.1. The topological polar surface area (TPSA) is 72.0 Å². The SMILES string of the molecule is Cc1ccc2nsnc2c1S(=O)(=O)N[C@@H](C)c1ccccc1. The predicted molar refractivity (Wildman–Crippen MR) is 87.3 cm³/mol. The first-order valence-electron chi connectivity index (χ1n) is 6.78. The number of nitrogens with zero attached hydrogens (tertiary/aromatic N) is 2. The van der Waals surface area contributed by atoms with E-state index in [2.05, 4.69) is 13.5 Å². The van der Waals surface area contributed by atoms with Crippen molar-refractivity contribution in [1.29, 1.82) is 0 Å². The molecule has 0 aliphatic heterocycles. The predicted octanol–water partition coefficient (Wildman–Crippen LogP) is 3.04. The van der Waals surface area contributed by atoms with Crippen molar-refractivity contribution in [2.75, 3.05) is 0 Å². The van der Waals surface area contributed by atoms with E-state index in [1.165, 1.54) is 0 Å². The van der Waals surface area contributed by atoms with Crippen molar-refractivity contribution in [3.63, 3.8) is 0 Å². The molecule has 1 heterocycles. The number of nitrogens with one attached hydrogen (secondary N) is 1. The maximum atomic E-state index is 12.8. The van der Waals surface area contributed by atoms with E-state index in [1.807, 2.05) is 37.3 Å². The van der Waals surface area contributed by atoms with Crippen LogP contribution in [-0.2, 0) is 10.0 Å². The number of hydrogen-bond donors (Lipinski definition) is 1. The standard InChI is InChI=1S/C15H15N3O2S2/c1-10-8-9-13-14(17-21-16-13)15(10)22(19,20)18-11(2)12-6-4-3-5-7-12/h3-9,11,18H,1-2H3/t11-/m0/s1. The molecule has 22 heavy (non-hydrogen) atoms. The van der Waals surface area contributed by atoms with Gasteiger partial charge in [0, 0.05) is 6.04 Å². The lowest BCUT2D eigenvalue weighted by molar-refractivity contribution is 0.567. The zero-order valence-corrected chi connectivity index (χ0v) is 13.8. The quantitative estimate of drug-likeness (QED) is 0.796. The third-order valence-electron chi connectivity index (χ3n) is 3.48. The number of fused-ring (bicyclic) bond motifs is 1. The van der Waals surface area contributed by atoms with Crippen molar-refractivity contribution in [3.05, 3.63) is 53.6 Å². The van der Waals surface area contributed by atoms with Gasteiger partial charge in [0.25, 0.3) is 0 Å². The van der Waals surface area contributed by atoms with Gasteiger partial charge in [-0.2, -0.15) is 8.75 Å². The van der Waals surface area contributed by atoms with Gasteiger partial charge in [0.15, 0.2) is 0 Å². The molecule has 1 aromatic heterocycles. The van der Waals surface area contributed by atoms with Crippen molar-refractivity contribution in [3.8, 4) is 0 Å². The van der Waals surface area contributed by atoms with Crippen molar-refractivity contribution in [2.45, 2.75) is 24.8 Å². The maximum absolute atomic E-state index is 12.8. The van der Waals surface area contributed by atoms with E-state index in [9.17, 15) is 8.42 Å². The van der Waals surface area contributed by atoms with E-state index in [0.717, 1.165) is 17.3 Å². The normalized spacial score (nSPS) is 13.4. The van der Waals surface area contributed by atoms with Gasteiger partial charge >= 0.3 is 0 Å². The van der Waals surface area contributed by atoms with Gasteiger partial charge in [0.2, 0.25) is 10.0 Å². The molecule has 0 aliphatic carbocycles. The lowest BCUT2D eigenvalue weighted by atomic mass is 10.1. The van der Waals surface area contributed by atoms with Crippen LogP contribution in [0.5, 0.6) is 0 Å². The monoisotopic (exact) mass is 333 g/mol. The summed E-state index contributed by atoms with van der Waals surface area (Å²) in [5.74, 6) is 0. The van der Waals surface area contributed by atoms with Gasteiger partial charge in [-0.3, -0.25) is 0 Å². The summed E-state index contributed by atoms with van der Waals surface area (Å²) in [5, 5.41) is 0. The molecular weight excluding hydrogens is 318 g/mol. The highest BCUT2D eigenvalue weighted by molar-refractivity contribution is 7.89. The summed E-state index contributed by atoms with van der Waals surface area (Å²) in [6.45, 7) is 3.59. The first-order valence-corrected chi connectivity index (χ1v) is 8.99. The minimum Gasteiger partial charge on any atom is -0.207 e. The molecule has 0 fully saturated rings. The highest BCUT2D eigenvalue weighted by Crippen LogP contribution is 2.26. The molecule has 5 nitrogen and oxygen atoms in total. The lowest BCUT2D eigenvalue weighted by Crippen LogP contribution is -2.27.